The number of aromatic nitrogens is 2. The quantitative estimate of drug-likeness (QED) is 0.133. The molecule has 0 unspecified atom stereocenters. The molecule has 0 atom stereocenters. The summed E-state index contributed by atoms with van der Waals surface area (Å²) < 4.78 is 1.84. The van der Waals surface area contributed by atoms with Crippen molar-refractivity contribution in [1.29, 1.82) is 0 Å². The van der Waals surface area contributed by atoms with Crippen LogP contribution >= 0.6 is 11.3 Å². The van der Waals surface area contributed by atoms with E-state index in [1.807, 2.05) is 58.4 Å². The highest BCUT2D eigenvalue weighted by Crippen LogP contribution is 2.32. The molecule has 0 aliphatic heterocycles. The molecule has 0 spiro atoms. The maximum Gasteiger partial charge on any atom is 0.275 e. The number of hydrogen-bond donors (Lipinski definition) is 1. The highest BCUT2D eigenvalue weighted by Gasteiger charge is 2.19. The smallest absolute Gasteiger partial charge is 0.275 e. The fourth-order valence-corrected chi connectivity index (χ4v) is 4.62. The molecule has 35 heavy (non-hydrogen) atoms. The SMILES string of the molecule is O=C(/C=C/c1c(-c2ccc(CO)c([N+](=O)[O-])c2)nc2sccn12)c1ccc(-c2ccccc2)cc1. The molecular weight excluding hydrogens is 462 g/mol. The van der Waals surface area contributed by atoms with Gasteiger partial charge in [0.2, 0.25) is 0 Å². The Morgan fingerprint density at radius 3 is 2.46 bits per heavy atom. The minimum absolute atomic E-state index is 0.164. The maximum absolute atomic E-state index is 12.9. The van der Waals surface area contributed by atoms with Crippen molar-refractivity contribution < 1.29 is 14.8 Å². The van der Waals surface area contributed by atoms with Gasteiger partial charge in [-0.1, -0.05) is 60.7 Å². The van der Waals surface area contributed by atoms with Crippen molar-refractivity contribution in [3.8, 4) is 22.4 Å². The van der Waals surface area contributed by atoms with Crippen LogP contribution in [-0.2, 0) is 6.61 Å². The highest BCUT2D eigenvalue weighted by atomic mass is 32.1. The van der Waals surface area contributed by atoms with Gasteiger partial charge in [0.05, 0.1) is 28.5 Å². The molecule has 0 aliphatic rings. The van der Waals surface area contributed by atoms with Crippen LogP contribution in [-0.4, -0.2) is 25.2 Å². The van der Waals surface area contributed by atoms with E-state index < -0.39 is 11.5 Å². The van der Waals surface area contributed by atoms with Gasteiger partial charge in [-0.3, -0.25) is 19.3 Å². The summed E-state index contributed by atoms with van der Waals surface area (Å²) in [7, 11) is 0. The van der Waals surface area contributed by atoms with E-state index in [2.05, 4.69) is 4.98 Å². The zero-order valence-corrected chi connectivity index (χ0v) is 19.2. The van der Waals surface area contributed by atoms with Crippen LogP contribution in [0.25, 0.3) is 33.4 Å². The summed E-state index contributed by atoms with van der Waals surface area (Å²) in [5.41, 5.74) is 4.40. The third-order valence-electron chi connectivity index (χ3n) is 5.69. The number of benzene rings is 3. The lowest BCUT2D eigenvalue weighted by molar-refractivity contribution is -0.385. The number of carbonyl (C=O) groups excluding carboxylic acids is 1. The van der Waals surface area contributed by atoms with E-state index in [1.165, 1.54) is 29.5 Å². The van der Waals surface area contributed by atoms with E-state index >= 15 is 0 Å². The van der Waals surface area contributed by atoms with E-state index in [0.717, 1.165) is 11.1 Å². The second kappa shape index (κ2) is 9.46. The second-order valence-electron chi connectivity index (χ2n) is 7.80. The number of hydrogen-bond acceptors (Lipinski definition) is 6. The number of thiazole rings is 1. The van der Waals surface area contributed by atoms with E-state index in [-0.39, 0.29) is 17.0 Å². The number of aliphatic hydroxyl groups excluding tert-OH is 1. The Kier molecular flexibility index (Phi) is 6.05. The zero-order chi connectivity index (χ0) is 24.4. The summed E-state index contributed by atoms with van der Waals surface area (Å²) in [6, 6.07) is 22.0. The van der Waals surface area contributed by atoms with Crippen molar-refractivity contribution in [3.63, 3.8) is 0 Å². The summed E-state index contributed by atoms with van der Waals surface area (Å²) in [5.74, 6) is -0.164. The molecule has 3 aromatic carbocycles. The molecule has 172 valence electrons. The van der Waals surface area contributed by atoms with Gasteiger partial charge in [-0.15, -0.1) is 11.3 Å². The topological polar surface area (TPSA) is 97.7 Å². The van der Waals surface area contributed by atoms with Gasteiger partial charge in [0.1, 0.15) is 0 Å². The first-order valence-corrected chi connectivity index (χ1v) is 11.6. The first-order chi connectivity index (χ1) is 17.0. The van der Waals surface area contributed by atoms with Crippen molar-refractivity contribution >= 4 is 33.8 Å². The number of nitro benzene ring substituents is 1. The number of imidazole rings is 1. The third-order valence-corrected chi connectivity index (χ3v) is 6.45. The van der Waals surface area contributed by atoms with Crippen LogP contribution < -0.4 is 0 Å². The minimum atomic E-state index is -0.522. The average Bonchev–Trinajstić information content (AvgIpc) is 3.49. The Hall–Kier alpha value is -4.40. The van der Waals surface area contributed by atoms with E-state index in [0.29, 0.717) is 27.5 Å². The first-order valence-electron chi connectivity index (χ1n) is 10.8. The molecule has 7 nitrogen and oxygen atoms in total. The monoisotopic (exact) mass is 481 g/mol. The molecule has 8 heteroatoms. The third kappa shape index (κ3) is 4.40. The molecule has 2 heterocycles. The van der Waals surface area contributed by atoms with Crippen molar-refractivity contribution in [3.05, 3.63) is 117 Å². The lowest BCUT2D eigenvalue weighted by atomic mass is 10.0. The van der Waals surface area contributed by atoms with Crippen LogP contribution in [0.4, 0.5) is 5.69 Å². The van der Waals surface area contributed by atoms with Crippen LogP contribution in [0, 0.1) is 10.1 Å². The molecule has 0 bridgehead atoms. The van der Waals surface area contributed by atoms with Crippen molar-refractivity contribution in [2.75, 3.05) is 0 Å². The van der Waals surface area contributed by atoms with Gasteiger partial charge < -0.3 is 5.11 Å². The second-order valence-corrected chi connectivity index (χ2v) is 8.67. The molecule has 0 saturated heterocycles. The molecule has 2 aromatic heterocycles. The highest BCUT2D eigenvalue weighted by molar-refractivity contribution is 7.15. The van der Waals surface area contributed by atoms with Crippen molar-refractivity contribution in [2.45, 2.75) is 6.61 Å². The normalized spacial score (nSPS) is 11.3. The molecule has 5 rings (SSSR count). The lowest BCUT2D eigenvalue weighted by Crippen LogP contribution is -1.97. The molecule has 0 radical (unpaired) electrons. The van der Waals surface area contributed by atoms with E-state index in [1.54, 1.807) is 24.3 Å². The Morgan fingerprint density at radius 2 is 1.74 bits per heavy atom. The standard InChI is InChI=1S/C27H19N3O4S/c31-17-22-11-10-21(16-24(22)30(33)34)26-23(29-14-15-35-27(29)28-26)12-13-25(32)20-8-6-19(7-9-20)18-4-2-1-3-5-18/h1-16,31H,17H2/b13-12+. The van der Waals surface area contributed by atoms with Gasteiger partial charge in [-0.25, -0.2) is 4.98 Å². The molecule has 5 aromatic rings. The summed E-state index contributed by atoms with van der Waals surface area (Å²) in [6.07, 6.45) is 5.01. The zero-order valence-electron chi connectivity index (χ0n) is 18.4. The number of nitrogens with zero attached hydrogens (tertiary/aromatic N) is 3. The Morgan fingerprint density at radius 1 is 1.03 bits per heavy atom. The van der Waals surface area contributed by atoms with Gasteiger partial charge in [0.25, 0.3) is 5.69 Å². The Bertz CT molecular complexity index is 1570. The lowest BCUT2D eigenvalue weighted by Gasteiger charge is -2.04. The van der Waals surface area contributed by atoms with Crippen LogP contribution in [0.5, 0.6) is 0 Å². The van der Waals surface area contributed by atoms with Crippen molar-refractivity contribution in [2.24, 2.45) is 0 Å². The Labute approximate surface area is 204 Å². The van der Waals surface area contributed by atoms with Gasteiger partial charge in [0.15, 0.2) is 10.7 Å². The molecule has 0 saturated carbocycles. The van der Waals surface area contributed by atoms with Crippen LogP contribution in [0.2, 0.25) is 0 Å². The van der Waals surface area contributed by atoms with E-state index in [4.69, 9.17) is 0 Å². The fourth-order valence-electron chi connectivity index (χ4n) is 3.90. The summed E-state index contributed by atoms with van der Waals surface area (Å²) in [5, 5.41) is 22.8. The first kappa shape index (κ1) is 22.4. The Balaban J connectivity index is 1.48. The number of nitro groups is 1. The fraction of sp³-hybridized carbons (Fsp3) is 0.0370. The molecule has 0 amide bonds. The van der Waals surface area contributed by atoms with Crippen LogP contribution in [0.15, 0.2) is 90.4 Å². The van der Waals surface area contributed by atoms with Crippen LogP contribution in [0.3, 0.4) is 0 Å². The van der Waals surface area contributed by atoms with Gasteiger partial charge in [-0.2, -0.15) is 0 Å². The summed E-state index contributed by atoms with van der Waals surface area (Å²) in [4.78, 5) is 29.2. The molecule has 1 N–H and O–H groups in total. The van der Waals surface area contributed by atoms with Crippen LogP contribution in [0.1, 0.15) is 21.6 Å². The predicted molar refractivity (Wildman–Crippen MR) is 136 cm³/mol. The number of carbonyl (C=O) groups is 1. The summed E-state index contributed by atoms with van der Waals surface area (Å²) in [6.45, 7) is -0.431. The number of allylic oxidation sites excluding steroid dienone is 1. The predicted octanol–water partition coefficient (Wildman–Crippen LogP) is 6.03. The number of ketones is 1. The largest absolute Gasteiger partial charge is 0.391 e. The molecule has 0 aliphatic carbocycles. The van der Waals surface area contributed by atoms with Gasteiger partial charge >= 0.3 is 0 Å². The minimum Gasteiger partial charge on any atom is -0.391 e. The molecular formula is C27H19N3O4S. The number of fused-ring (bicyclic) bond motifs is 1. The number of aliphatic hydroxyl groups is 1. The van der Waals surface area contributed by atoms with Gasteiger partial charge in [-0.05, 0) is 29.3 Å². The maximum atomic E-state index is 12.9. The van der Waals surface area contributed by atoms with Gasteiger partial charge in [0, 0.05) is 28.8 Å². The average molecular weight is 482 g/mol. The summed E-state index contributed by atoms with van der Waals surface area (Å²) >= 11 is 1.42. The van der Waals surface area contributed by atoms with E-state index in [9.17, 15) is 20.0 Å². The van der Waals surface area contributed by atoms with Crippen molar-refractivity contribution in [1.82, 2.24) is 9.38 Å². The molecule has 0 fully saturated rings. The number of rotatable bonds is 7.